The monoisotopic (exact) mass is 225 g/mol. The van der Waals surface area contributed by atoms with Crippen LogP contribution in [0.15, 0.2) is 0 Å². The van der Waals surface area contributed by atoms with Gasteiger partial charge in [0.05, 0.1) is 0 Å². The van der Waals surface area contributed by atoms with E-state index in [-0.39, 0.29) is 5.91 Å². The van der Waals surface area contributed by atoms with Gasteiger partial charge in [0.15, 0.2) is 0 Å². The molecule has 0 bridgehead atoms. The molecule has 1 N–H and O–H groups in total. The molecule has 0 spiro atoms. The van der Waals surface area contributed by atoms with Gasteiger partial charge in [-0.1, -0.05) is 19.3 Å². The second kappa shape index (κ2) is 5.64. The van der Waals surface area contributed by atoms with Gasteiger partial charge in [-0.2, -0.15) is 0 Å². The quantitative estimate of drug-likeness (QED) is 0.761. The normalized spacial score (nSPS) is 24.3. The summed E-state index contributed by atoms with van der Waals surface area (Å²) in [5.41, 5.74) is 0. The lowest BCUT2D eigenvalue weighted by Crippen LogP contribution is -2.57. The number of nitrogens with one attached hydrogen (secondary N) is 1. The van der Waals surface area contributed by atoms with Crippen molar-refractivity contribution in [2.75, 3.05) is 26.2 Å². The molecular weight excluding hydrogens is 202 g/mol. The van der Waals surface area contributed by atoms with E-state index in [2.05, 4.69) is 10.3 Å². The average molecular weight is 225 g/mol. The molecule has 2 fully saturated rings. The number of nitrogens with zero attached hydrogens (tertiary/aromatic N) is 2. The van der Waals surface area contributed by atoms with Gasteiger partial charge in [0.25, 0.3) is 0 Å². The van der Waals surface area contributed by atoms with Crippen LogP contribution in [-0.2, 0) is 4.79 Å². The second-order valence-corrected chi connectivity index (χ2v) is 4.86. The van der Waals surface area contributed by atoms with Crippen molar-refractivity contribution in [2.24, 2.45) is 0 Å². The molecule has 1 heterocycles. The topological polar surface area (TPSA) is 35.6 Å². The van der Waals surface area contributed by atoms with Crippen LogP contribution in [0.5, 0.6) is 0 Å². The van der Waals surface area contributed by atoms with Crippen molar-refractivity contribution >= 4 is 5.91 Å². The number of hydrogen-bond acceptors (Lipinski definition) is 3. The molecule has 1 aliphatic heterocycles. The lowest BCUT2D eigenvalue weighted by atomic mass is 9.95. The number of carbonyl (C=O) groups excluding carboxylic acids is 1. The molecule has 4 nitrogen and oxygen atoms in total. The molecule has 1 saturated heterocycles. The van der Waals surface area contributed by atoms with Crippen LogP contribution in [0.25, 0.3) is 0 Å². The Labute approximate surface area is 97.9 Å². The van der Waals surface area contributed by atoms with Gasteiger partial charge in [0.2, 0.25) is 5.91 Å². The molecule has 1 aliphatic carbocycles. The fourth-order valence-corrected chi connectivity index (χ4v) is 2.88. The number of hydrogen-bond donors (Lipinski definition) is 1. The van der Waals surface area contributed by atoms with Crippen LogP contribution >= 0.6 is 0 Å². The van der Waals surface area contributed by atoms with Crippen LogP contribution in [0, 0.1) is 0 Å². The molecule has 4 heteroatoms. The third-order valence-electron chi connectivity index (χ3n) is 3.64. The van der Waals surface area contributed by atoms with Crippen molar-refractivity contribution < 1.29 is 4.79 Å². The van der Waals surface area contributed by atoms with Crippen LogP contribution in [0.4, 0.5) is 0 Å². The SMILES string of the molecule is CC(=O)N(C1CCCCC1)N1CCNCC1. The zero-order valence-electron chi connectivity index (χ0n) is 10.2. The summed E-state index contributed by atoms with van der Waals surface area (Å²) in [5, 5.41) is 7.62. The first-order chi connectivity index (χ1) is 7.79. The third kappa shape index (κ3) is 2.74. The minimum atomic E-state index is 0.216. The molecule has 2 aliphatic rings. The lowest BCUT2D eigenvalue weighted by molar-refractivity contribution is -0.156. The Bertz CT molecular complexity index is 214. The summed E-state index contributed by atoms with van der Waals surface area (Å²) in [6, 6.07) is 0.462. The van der Waals surface area contributed by atoms with Gasteiger partial charge in [0, 0.05) is 39.1 Å². The highest BCUT2D eigenvalue weighted by molar-refractivity contribution is 5.73. The van der Waals surface area contributed by atoms with Gasteiger partial charge in [-0.15, -0.1) is 0 Å². The average Bonchev–Trinajstić information content (AvgIpc) is 2.31. The Balaban J connectivity index is 1.99. The minimum absolute atomic E-state index is 0.216. The summed E-state index contributed by atoms with van der Waals surface area (Å²) < 4.78 is 0. The fourth-order valence-electron chi connectivity index (χ4n) is 2.88. The van der Waals surface area contributed by atoms with E-state index in [9.17, 15) is 4.79 Å². The van der Waals surface area contributed by atoms with E-state index in [1.165, 1.54) is 32.1 Å². The number of rotatable bonds is 2. The molecule has 0 aromatic heterocycles. The number of carbonyl (C=O) groups is 1. The molecule has 0 aromatic carbocycles. The maximum atomic E-state index is 11.8. The van der Waals surface area contributed by atoms with E-state index in [0.717, 1.165) is 26.2 Å². The highest BCUT2D eigenvalue weighted by Gasteiger charge is 2.28. The highest BCUT2D eigenvalue weighted by atomic mass is 16.2. The van der Waals surface area contributed by atoms with Gasteiger partial charge >= 0.3 is 0 Å². The highest BCUT2D eigenvalue weighted by Crippen LogP contribution is 2.24. The molecule has 92 valence electrons. The van der Waals surface area contributed by atoms with Gasteiger partial charge < -0.3 is 5.32 Å². The summed E-state index contributed by atoms with van der Waals surface area (Å²) in [4.78, 5) is 11.8. The number of hydrazine groups is 1. The Hall–Kier alpha value is -0.610. The van der Waals surface area contributed by atoms with Crippen molar-refractivity contribution in [1.29, 1.82) is 0 Å². The first kappa shape index (κ1) is 11.9. The van der Waals surface area contributed by atoms with Gasteiger partial charge in [-0.05, 0) is 12.8 Å². The van der Waals surface area contributed by atoms with E-state index >= 15 is 0 Å². The van der Waals surface area contributed by atoms with E-state index in [1.807, 2.05) is 5.01 Å². The second-order valence-electron chi connectivity index (χ2n) is 4.86. The molecule has 0 atom stereocenters. The summed E-state index contributed by atoms with van der Waals surface area (Å²) in [7, 11) is 0. The van der Waals surface area contributed by atoms with Crippen LogP contribution in [-0.4, -0.2) is 48.1 Å². The van der Waals surface area contributed by atoms with E-state index in [0.29, 0.717) is 6.04 Å². The summed E-state index contributed by atoms with van der Waals surface area (Å²) in [5.74, 6) is 0.216. The predicted octanol–water partition coefficient (Wildman–Crippen LogP) is 0.988. The molecule has 16 heavy (non-hydrogen) atoms. The fraction of sp³-hybridized carbons (Fsp3) is 0.917. The Kier molecular flexibility index (Phi) is 4.18. The molecule has 1 amide bonds. The number of amides is 1. The molecule has 0 radical (unpaired) electrons. The maximum Gasteiger partial charge on any atom is 0.234 e. The van der Waals surface area contributed by atoms with Crippen molar-refractivity contribution in [3.05, 3.63) is 0 Å². The summed E-state index contributed by atoms with van der Waals surface area (Å²) >= 11 is 0. The third-order valence-corrected chi connectivity index (χ3v) is 3.64. The zero-order valence-corrected chi connectivity index (χ0v) is 10.2. The summed E-state index contributed by atoms with van der Waals surface area (Å²) in [6.07, 6.45) is 6.26. The Morgan fingerprint density at radius 2 is 1.81 bits per heavy atom. The summed E-state index contributed by atoms with van der Waals surface area (Å²) in [6.45, 7) is 5.63. The van der Waals surface area contributed by atoms with Crippen molar-refractivity contribution in [1.82, 2.24) is 15.3 Å². The van der Waals surface area contributed by atoms with Crippen LogP contribution < -0.4 is 5.32 Å². The van der Waals surface area contributed by atoms with E-state index in [4.69, 9.17) is 0 Å². The standard InChI is InChI=1S/C12H23N3O/c1-11(16)15(12-5-3-2-4-6-12)14-9-7-13-8-10-14/h12-13H,2-10H2,1H3. The Morgan fingerprint density at radius 1 is 1.19 bits per heavy atom. The molecule has 1 saturated carbocycles. The first-order valence-corrected chi connectivity index (χ1v) is 6.54. The first-order valence-electron chi connectivity index (χ1n) is 6.54. The Morgan fingerprint density at radius 3 is 2.38 bits per heavy atom. The predicted molar refractivity (Wildman–Crippen MR) is 63.8 cm³/mol. The van der Waals surface area contributed by atoms with E-state index < -0.39 is 0 Å². The largest absolute Gasteiger partial charge is 0.314 e. The van der Waals surface area contributed by atoms with Crippen molar-refractivity contribution in [2.45, 2.75) is 45.1 Å². The lowest BCUT2D eigenvalue weighted by Gasteiger charge is -2.43. The minimum Gasteiger partial charge on any atom is -0.314 e. The van der Waals surface area contributed by atoms with Crippen LogP contribution in [0.3, 0.4) is 0 Å². The number of piperazine rings is 1. The molecule has 0 unspecified atom stereocenters. The van der Waals surface area contributed by atoms with Crippen molar-refractivity contribution in [3.8, 4) is 0 Å². The van der Waals surface area contributed by atoms with Gasteiger partial charge in [-0.25, -0.2) is 5.01 Å². The molecule has 0 aromatic rings. The van der Waals surface area contributed by atoms with Crippen LogP contribution in [0.1, 0.15) is 39.0 Å². The maximum absolute atomic E-state index is 11.8. The van der Waals surface area contributed by atoms with Crippen LogP contribution in [0.2, 0.25) is 0 Å². The van der Waals surface area contributed by atoms with Gasteiger partial charge in [0.1, 0.15) is 0 Å². The molecular formula is C12H23N3O. The zero-order chi connectivity index (χ0) is 11.4. The van der Waals surface area contributed by atoms with Crippen molar-refractivity contribution in [3.63, 3.8) is 0 Å². The molecule has 2 rings (SSSR count). The van der Waals surface area contributed by atoms with E-state index in [1.54, 1.807) is 6.92 Å². The smallest absolute Gasteiger partial charge is 0.234 e. The van der Waals surface area contributed by atoms with Gasteiger partial charge in [-0.3, -0.25) is 9.80 Å².